The van der Waals surface area contributed by atoms with Crippen LogP contribution in [0.15, 0.2) is 24.3 Å². The molecule has 0 unspecified atom stereocenters. The molecule has 0 N–H and O–H groups in total. The molecule has 1 saturated heterocycles. The van der Waals surface area contributed by atoms with Gasteiger partial charge >= 0.3 is 0 Å². The van der Waals surface area contributed by atoms with Gasteiger partial charge in [-0.15, -0.1) is 0 Å². The maximum Gasteiger partial charge on any atom is 0.184 e. The Morgan fingerprint density at radius 1 is 1.25 bits per heavy atom. The van der Waals surface area contributed by atoms with E-state index in [9.17, 15) is 0 Å². The SMILES string of the molecule is Clc1cccc(C2OCCO2)c1. The lowest BCUT2D eigenvalue weighted by molar-refractivity contribution is -0.0441. The van der Waals surface area contributed by atoms with Gasteiger partial charge in [-0.3, -0.25) is 0 Å². The molecule has 1 aliphatic heterocycles. The Labute approximate surface area is 76.1 Å². The van der Waals surface area contributed by atoms with E-state index < -0.39 is 0 Å². The molecule has 64 valence electrons. The molecule has 0 amide bonds. The molecule has 2 rings (SSSR count). The minimum absolute atomic E-state index is 0.219. The molecule has 3 heteroatoms. The zero-order valence-corrected chi connectivity index (χ0v) is 7.25. The molecule has 1 aromatic carbocycles. The average Bonchev–Trinajstić information content (AvgIpc) is 2.56. The summed E-state index contributed by atoms with van der Waals surface area (Å²) >= 11 is 5.81. The predicted octanol–water partition coefficient (Wildman–Crippen LogP) is 2.39. The lowest BCUT2D eigenvalue weighted by Crippen LogP contribution is -1.96. The highest BCUT2D eigenvalue weighted by Gasteiger charge is 2.17. The maximum absolute atomic E-state index is 5.81. The Morgan fingerprint density at radius 3 is 2.67 bits per heavy atom. The quantitative estimate of drug-likeness (QED) is 0.667. The molecule has 0 aliphatic carbocycles. The first-order valence-corrected chi connectivity index (χ1v) is 4.23. The summed E-state index contributed by atoms with van der Waals surface area (Å²) in [6.07, 6.45) is -0.219. The smallest absolute Gasteiger partial charge is 0.184 e. The number of hydrogen-bond donors (Lipinski definition) is 0. The largest absolute Gasteiger partial charge is 0.346 e. The van der Waals surface area contributed by atoms with Crippen molar-refractivity contribution in [1.29, 1.82) is 0 Å². The molecule has 0 radical (unpaired) electrons. The van der Waals surface area contributed by atoms with Crippen LogP contribution in [0.5, 0.6) is 0 Å². The van der Waals surface area contributed by atoms with Gasteiger partial charge < -0.3 is 9.47 Å². The van der Waals surface area contributed by atoms with E-state index in [1.165, 1.54) is 0 Å². The molecule has 1 aromatic rings. The van der Waals surface area contributed by atoms with Crippen LogP contribution in [0.25, 0.3) is 0 Å². The van der Waals surface area contributed by atoms with E-state index in [1.807, 2.05) is 24.3 Å². The summed E-state index contributed by atoms with van der Waals surface area (Å²) in [6.45, 7) is 1.33. The topological polar surface area (TPSA) is 18.5 Å². The van der Waals surface area contributed by atoms with Crippen LogP contribution in [0.3, 0.4) is 0 Å². The van der Waals surface area contributed by atoms with Crippen molar-refractivity contribution >= 4 is 11.6 Å². The third-order valence-electron chi connectivity index (χ3n) is 1.74. The van der Waals surface area contributed by atoms with Gasteiger partial charge in [-0.2, -0.15) is 0 Å². The van der Waals surface area contributed by atoms with E-state index in [4.69, 9.17) is 21.1 Å². The summed E-state index contributed by atoms with van der Waals surface area (Å²) in [5.41, 5.74) is 0.986. The fourth-order valence-electron chi connectivity index (χ4n) is 1.20. The Bertz CT molecular complexity index is 269. The van der Waals surface area contributed by atoms with Crippen LogP contribution in [-0.4, -0.2) is 13.2 Å². The van der Waals surface area contributed by atoms with Gasteiger partial charge in [-0.05, 0) is 12.1 Å². The van der Waals surface area contributed by atoms with E-state index in [2.05, 4.69) is 0 Å². The Kier molecular flexibility index (Phi) is 2.30. The molecule has 0 atom stereocenters. The Morgan fingerprint density at radius 2 is 2.00 bits per heavy atom. The average molecular weight is 185 g/mol. The fraction of sp³-hybridized carbons (Fsp3) is 0.333. The van der Waals surface area contributed by atoms with Crippen LogP contribution < -0.4 is 0 Å². The first-order valence-electron chi connectivity index (χ1n) is 3.85. The molecular weight excluding hydrogens is 176 g/mol. The standard InChI is InChI=1S/C9H9ClO2/c10-8-3-1-2-7(6-8)9-11-4-5-12-9/h1-3,6,9H,4-5H2. The van der Waals surface area contributed by atoms with Crippen LogP contribution in [0.2, 0.25) is 5.02 Å². The Balaban J connectivity index is 2.21. The van der Waals surface area contributed by atoms with Crippen molar-refractivity contribution in [3.8, 4) is 0 Å². The maximum atomic E-state index is 5.81. The van der Waals surface area contributed by atoms with E-state index in [1.54, 1.807) is 0 Å². The summed E-state index contributed by atoms with van der Waals surface area (Å²) in [5, 5.41) is 0.714. The predicted molar refractivity (Wildman–Crippen MR) is 46.1 cm³/mol. The van der Waals surface area contributed by atoms with Gasteiger partial charge in [0.2, 0.25) is 0 Å². The van der Waals surface area contributed by atoms with E-state index in [0.717, 1.165) is 5.56 Å². The van der Waals surface area contributed by atoms with Gasteiger partial charge in [0.15, 0.2) is 6.29 Å². The molecule has 2 nitrogen and oxygen atoms in total. The van der Waals surface area contributed by atoms with Gasteiger partial charge in [0, 0.05) is 10.6 Å². The highest BCUT2D eigenvalue weighted by molar-refractivity contribution is 6.30. The van der Waals surface area contributed by atoms with Crippen molar-refractivity contribution in [2.45, 2.75) is 6.29 Å². The van der Waals surface area contributed by atoms with Crippen molar-refractivity contribution in [1.82, 2.24) is 0 Å². The molecule has 1 fully saturated rings. The molecule has 0 aromatic heterocycles. The summed E-state index contributed by atoms with van der Waals surface area (Å²) in [4.78, 5) is 0. The van der Waals surface area contributed by atoms with E-state index in [-0.39, 0.29) is 6.29 Å². The fourth-order valence-corrected chi connectivity index (χ4v) is 1.40. The number of benzene rings is 1. The number of ether oxygens (including phenoxy) is 2. The molecule has 1 heterocycles. The van der Waals surface area contributed by atoms with Gasteiger partial charge in [0.1, 0.15) is 0 Å². The zero-order chi connectivity index (χ0) is 8.39. The van der Waals surface area contributed by atoms with Crippen LogP contribution in [0, 0.1) is 0 Å². The van der Waals surface area contributed by atoms with Crippen molar-refractivity contribution in [3.05, 3.63) is 34.9 Å². The highest BCUT2D eigenvalue weighted by atomic mass is 35.5. The lowest BCUT2D eigenvalue weighted by atomic mass is 10.2. The molecule has 0 bridgehead atoms. The molecular formula is C9H9ClO2. The molecule has 1 aliphatic rings. The first-order chi connectivity index (χ1) is 5.86. The van der Waals surface area contributed by atoms with Gasteiger partial charge in [-0.1, -0.05) is 23.7 Å². The summed E-state index contributed by atoms with van der Waals surface area (Å²) in [7, 11) is 0. The van der Waals surface area contributed by atoms with Gasteiger partial charge in [-0.25, -0.2) is 0 Å². The zero-order valence-electron chi connectivity index (χ0n) is 6.50. The van der Waals surface area contributed by atoms with Crippen molar-refractivity contribution in [2.75, 3.05) is 13.2 Å². The van der Waals surface area contributed by atoms with E-state index >= 15 is 0 Å². The highest BCUT2D eigenvalue weighted by Crippen LogP contribution is 2.24. The van der Waals surface area contributed by atoms with E-state index in [0.29, 0.717) is 18.2 Å². The minimum atomic E-state index is -0.219. The minimum Gasteiger partial charge on any atom is -0.346 e. The normalized spacial score (nSPS) is 18.4. The second-order valence-corrected chi connectivity index (χ2v) is 3.06. The van der Waals surface area contributed by atoms with Crippen molar-refractivity contribution in [3.63, 3.8) is 0 Å². The summed E-state index contributed by atoms with van der Waals surface area (Å²) in [6, 6.07) is 7.53. The van der Waals surface area contributed by atoms with Crippen LogP contribution in [0.1, 0.15) is 11.9 Å². The van der Waals surface area contributed by atoms with Crippen LogP contribution in [0.4, 0.5) is 0 Å². The third-order valence-corrected chi connectivity index (χ3v) is 1.98. The molecule has 0 spiro atoms. The molecule has 0 saturated carbocycles. The summed E-state index contributed by atoms with van der Waals surface area (Å²) in [5.74, 6) is 0. The van der Waals surface area contributed by atoms with Crippen LogP contribution >= 0.6 is 11.6 Å². The van der Waals surface area contributed by atoms with Crippen LogP contribution in [-0.2, 0) is 9.47 Å². The van der Waals surface area contributed by atoms with Gasteiger partial charge in [0.05, 0.1) is 13.2 Å². The monoisotopic (exact) mass is 184 g/mol. The second kappa shape index (κ2) is 3.44. The number of hydrogen-bond acceptors (Lipinski definition) is 2. The Hall–Kier alpha value is -0.570. The number of rotatable bonds is 1. The van der Waals surface area contributed by atoms with Crippen molar-refractivity contribution < 1.29 is 9.47 Å². The van der Waals surface area contributed by atoms with Gasteiger partial charge in [0.25, 0.3) is 0 Å². The molecule has 12 heavy (non-hydrogen) atoms. The third kappa shape index (κ3) is 1.61. The van der Waals surface area contributed by atoms with Crippen molar-refractivity contribution in [2.24, 2.45) is 0 Å². The lowest BCUT2D eigenvalue weighted by Gasteiger charge is -2.08. The number of halogens is 1. The second-order valence-electron chi connectivity index (χ2n) is 2.63. The summed E-state index contributed by atoms with van der Waals surface area (Å²) < 4.78 is 10.6. The first kappa shape index (κ1) is 8.05.